The minimum absolute atomic E-state index is 0. The van der Waals surface area contributed by atoms with Gasteiger partial charge in [-0.3, -0.25) is 4.99 Å². The molecule has 32 heavy (non-hydrogen) atoms. The van der Waals surface area contributed by atoms with Gasteiger partial charge in [0.15, 0.2) is 5.96 Å². The Balaban J connectivity index is 0.00000363. The second-order valence-corrected chi connectivity index (χ2v) is 9.42. The van der Waals surface area contributed by atoms with Crippen molar-refractivity contribution >= 4 is 45.6 Å². The van der Waals surface area contributed by atoms with Crippen LogP contribution in [0, 0.1) is 0 Å². The Hall–Kier alpha value is -1.85. The van der Waals surface area contributed by atoms with Crippen molar-refractivity contribution in [2.24, 2.45) is 10.1 Å². The van der Waals surface area contributed by atoms with Crippen molar-refractivity contribution in [1.82, 2.24) is 10.6 Å². The van der Waals surface area contributed by atoms with Crippen LogP contribution in [0.15, 0.2) is 58.4 Å². The third-order valence-corrected chi connectivity index (χ3v) is 6.39. The Morgan fingerprint density at radius 1 is 1.16 bits per heavy atom. The monoisotopic (exact) mass is 571 g/mol. The zero-order chi connectivity index (χ0) is 22.3. The molecule has 0 aliphatic carbocycles. The molecule has 3 rings (SSSR count). The summed E-state index contributed by atoms with van der Waals surface area (Å²) in [5, 5.41) is 11.9. The van der Waals surface area contributed by atoms with E-state index in [1.807, 2.05) is 6.92 Å². The van der Waals surface area contributed by atoms with Gasteiger partial charge < -0.3 is 15.5 Å². The minimum atomic E-state index is -3.66. The largest absolute Gasteiger partial charge is 0.372 e. The molecule has 0 saturated carbocycles. The predicted octanol–water partition coefficient (Wildman–Crippen LogP) is 3.41. The lowest BCUT2D eigenvalue weighted by atomic mass is 10.1. The predicted molar refractivity (Wildman–Crippen MR) is 142 cm³/mol. The van der Waals surface area contributed by atoms with Crippen LogP contribution in [0.4, 0.5) is 5.69 Å². The van der Waals surface area contributed by atoms with E-state index in [9.17, 15) is 8.42 Å². The summed E-state index contributed by atoms with van der Waals surface area (Å²) >= 11 is 0. The van der Waals surface area contributed by atoms with Crippen LogP contribution in [0.3, 0.4) is 0 Å². The molecule has 0 bridgehead atoms. The van der Waals surface area contributed by atoms with Crippen molar-refractivity contribution in [1.29, 1.82) is 0 Å². The van der Waals surface area contributed by atoms with Crippen LogP contribution in [-0.4, -0.2) is 40.6 Å². The van der Waals surface area contributed by atoms with E-state index in [1.54, 1.807) is 12.1 Å². The van der Waals surface area contributed by atoms with Crippen LogP contribution in [0.2, 0.25) is 0 Å². The molecule has 0 amide bonds. The standard InChI is InChI=1S/C23H33N5O2S.HI/c1-3-25-23(26-14-13-19-9-11-22(12-10-19)31(24,29)30)27-18(2)20-7-6-8-21(17-20)28-15-4-5-16-28;/h6-12,17-18H,3-5,13-16H2,1-2H3,(H2,24,29,30)(H2,25,26,27);1H. The van der Waals surface area contributed by atoms with E-state index in [0.717, 1.165) is 31.2 Å². The molecule has 1 atom stereocenters. The van der Waals surface area contributed by atoms with Crippen LogP contribution in [0.25, 0.3) is 0 Å². The van der Waals surface area contributed by atoms with E-state index in [4.69, 9.17) is 5.14 Å². The van der Waals surface area contributed by atoms with Gasteiger partial charge in [0.2, 0.25) is 10.0 Å². The second kappa shape index (κ2) is 12.4. The maximum absolute atomic E-state index is 11.4. The van der Waals surface area contributed by atoms with E-state index in [-0.39, 0.29) is 34.9 Å². The summed E-state index contributed by atoms with van der Waals surface area (Å²) in [6.45, 7) is 7.81. The van der Waals surface area contributed by atoms with Gasteiger partial charge in [-0.05, 0) is 68.5 Å². The number of halogens is 1. The number of rotatable bonds is 8. The Labute approximate surface area is 208 Å². The van der Waals surface area contributed by atoms with Gasteiger partial charge in [-0.25, -0.2) is 13.6 Å². The van der Waals surface area contributed by atoms with Gasteiger partial charge in [-0.15, -0.1) is 24.0 Å². The summed E-state index contributed by atoms with van der Waals surface area (Å²) in [6, 6.07) is 15.5. The Morgan fingerprint density at radius 2 is 1.84 bits per heavy atom. The number of aliphatic imine (C=N–C) groups is 1. The number of anilines is 1. The summed E-state index contributed by atoms with van der Waals surface area (Å²) in [5.74, 6) is 0.766. The first-order valence-corrected chi connectivity index (χ1v) is 12.4. The minimum Gasteiger partial charge on any atom is -0.372 e. The quantitative estimate of drug-likeness (QED) is 0.256. The Bertz CT molecular complexity index is 990. The van der Waals surface area contributed by atoms with E-state index >= 15 is 0 Å². The van der Waals surface area contributed by atoms with E-state index in [0.29, 0.717) is 13.0 Å². The van der Waals surface area contributed by atoms with E-state index in [1.165, 1.54) is 36.2 Å². The van der Waals surface area contributed by atoms with Gasteiger partial charge in [0.05, 0.1) is 10.9 Å². The molecule has 0 aromatic heterocycles. The fourth-order valence-corrected chi connectivity index (χ4v) is 4.23. The molecule has 1 aliphatic rings. The van der Waals surface area contributed by atoms with Crippen molar-refractivity contribution in [2.75, 3.05) is 31.1 Å². The van der Waals surface area contributed by atoms with Crippen molar-refractivity contribution < 1.29 is 8.42 Å². The molecule has 4 N–H and O–H groups in total. The third kappa shape index (κ3) is 7.63. The first-order chi connectivity index (χ1) is 14.9. The molecule has 0 radical (unpaired) electrons. The lowest BCUT2D eigenvalue weighted by molar-refractivity contribution is 0.598. The zero-order valence-electron chi connectivity index (χ0n) is 18.8. The third-order valence-electron chi connectivity index (χ3n) is 5.46. The molecule has 2 aromatic rings. The maximum Gasteiger partial charge on any atom is 0.238 e. The smallest absolute Gasteiger partial charge is 0.238 e. The molecule has 1 unspecified atom stereocenters. The number of nitrogens with two attached hydrogens (primary N) is 1. The number of hydrogen-bond donors (Lipinski definition) is 3. The van der Waals surface area contributed by atoms with Crippen molar-refractivity contribution in [3.05, 3.63) is 59.7 Å². The number of hydrogen-bond acceptors (Lipinski definition) is 4. The highest BCUT2D eigenvalue weighted by Crippen LogP contribution is 2.24. The van der Waals surface area contributed by atoms with E-state index < -0.39 is 10.0 Å². The second-order valence-electron chi connectivity index (χ2n) is 7.85. The lowest BCUT2D eigenvalue weighted by Crippen LogP contribution is -2.39. The van der Waals surface area contributed by atoms with E-state index in [2.05, 4.69) is 51.7 Å². The number of benzene rings is 2. The van der Waals surface area contributed by atoms with Crippen LogP contribution < -0.4 is 20.7 Å². The topological polar surface area (TPSA) is 99.8 Å². The lowest BCUT2D eigenvalue weighted by Gasteiger charge is -2.22. The number of nitrogens with one attached hydrogen (secondary N) is 2. The number of guanidine groups is 1. The maximum atomic E-state index is 11.4. The summed E-state index contributed by atoms with van der Waals surface area (Å²) in [5.41, 5.74) is 3.53. The summed E-state index contributed by atoms with van der Waals surface area (Å²) in [4.78, 5) is 7.25. The molecular formula is C23H34IN5O2S. The van der Waals surface area contributed by atoms with Gasteiger partial charge in [0.25, 0.3) is 0 Å². The van der Waals surface area contributed by atoms with Gasteiger partial charge in [-0.1, -0.05) is 24.3 Å². The molecule has 7 nitrogen and oxygen atoms in total. The summed E-state index contributed by atoms with van der Waals surface area (Å²) in [7, 11) is -3.66. The fourth-order valence-electron chi connectivity index (χ4n) is 3.72. The summed E-state index contributed by atoms with van der Waals surface area (Å²) < 4.78 is 22.7. The van der Waals surface area contributed by atoms with Gasteiger partial charge in [0, 0.05) is 31.9 Å². The van der Waals surface area contributed by atoms with Crippen LogP contribution in [0.1, 0.15) is 43.9 Å². The van der Waals surface area contributed by atoms with Gasteiger partial charge >= 0.3 is 0 Å². The van der Waals surface area contributed by atoms with Crippen molar-refractivity contribution in [3.63, 3.8) is 0 Å². The molecule has 2 aromatic carbocycles. The van der Waals surface area contributed by atoms with Gasteiger partial charge in [0.1, 0.15) is 0 Å². The molecule has 1 heterocycles. The van der Waals surface area contributed by atoms with Gasteiger partial charge in [-0.2, -0.15) is 0 Å². The average molecular weight is 572 g/mol. The number of sulfonamides is 1. The van der Waals surface area contributed by atoms with Crippen LogP contribution in [0.5, 0.6) is 0 Å². The zero-order valence-corrected chi connectivity index (χ0v) is 21.9. The summed E-state index contributed by atoms with van der Waals surface area (Å²) in [6.07, 6.45) is 3.24. The highest BCUT2D eigenvalue weighted by molar-refractivity contribution is 14.0. The highest BCUT2D eigenvalue weighted by Gasteiger charge is 2.14. The first-order valence-electron chi connectivity index (χ1n) is 10.9. The molecule has 1 aliphatic heterocycles. The molecule has 1 fully saturated rings. The number of nitrogens with zero attached hydrogens (tertiary/aromatic N) is 2. The van der Waals surface area contributed by atoms with Crippen LogP contribution in [-0.2, 0) is 16.4 Å². The van der Waals surface area contributed by atoms with Crippen molar-refractivity contribution in [2.45, 2.75) is 44.0 Å². The van der Waals surface area contributed by atoms with Crippen LogP contribution >= 0.6 is 24.0 Å². The fraction of sp³-hybridized carbons (Fsp3) is 0.435. The van der Waals surface area contributed by atoms with Crippen molar-refractivity contribution in [3.8, 4) is 0 Å². The molecule has 9 heteroatoms. The molecule has 0 spiro atoms. The first kappa shape index (κ1) is 26.4. The SMILES string of the molecule is CCNC(=NCCc1ccc(S(N)(=O)=O)cc1)NC(C)c1cccc(N2CCCC2)c1.I. The Kier molecular flexibility index (Phi) is 10.2. The molecule has 176 valence electrons. The normalized spacial score (nSPS) is 15.2. The molecule has 1 saturated heterocycles. The molecular weight excluding hydrogens is 537 g/mol. The number of primary sulfonamides is 1. The average Bonchev–Trinajstić information content (AvgIpc) is 3.29. The highest BCUT2D eigenvalue weighted by atomic mass is 127. The Morgan fingerprint density at radius 3 is 2.47 bits per heavy atom.